The molecule has 0 unspecified atom stereocenters. The van der Waals surface area contributed by atoms with Gasteiger partial charge in [-0.25, -0.2) is 0 Å². The molecule has 2 nitrogen and oxygen atoms in total. The number of benzene rings is 1. The summed E-state index contributed by atoms with van der Waals surface area (Å²) in [6, 6.07) is 10.4. The van der Waals surface area contributed by atoms with Crippen LogP contribution in [0.1, 0.15) is 17.2 Å². The van der Waals surface area contributed by atoms with Crippen molar-refractivity contribution in [1.29, 1.82) is 0 Å². The molecule has 0 spiro atoms. The first-order valence-electron chi connectivity index (χ1n) is 5.19. The van der Waals surface area contributed by atoms with Gasteiger partial charge in [0.2, 0.25) is 0 Å². The van der Waals surface area contributed by atoms with Gasteiger partial charge in [-0.05, 0) is 51.5 Å². The molecular formula is C13H13ClN2S. The van der Waals surface area contributed by atoms with Crippen molar-refractivity contribution in [3.8, 4) is 0 Å². The maximum absolute atomic E-state index is 6.22. The van der Waals surface area contributed by atoms with Crippen molar-refractivity contribution in [2.45, 2.75) is 6.04 Å². The zero-order valence-electron chi connectivity index (χ0n) is 9.09. The number of aromatic amines is 1. The normalized spacial score (nSPS) is 12.3. The summed E-state index contributed by atoms with van der Waals surface area (Å²) in [6.45, 7) is 0. The van der Waals surface area contributed by atoms with Gasteiger partial charge in [-0.3, -0.25) is 0 Å². The van der Waals surface area contributed by atoms with E-state index < -0.39 is 0 Å². The first kappa shape index (κ1) is 12.2. The summed E-state index contributed by atoms with van der Waals surface area (Å²) in [6.07, 6.45) is 1.95. The van der Waals surface area contributed by atoms with Crippen LogP contribution in [0, 0.1) is 0 Å². The third-order valence-electron chi connectivity index (χ3n) is 2.84. The Morgan fingerprint density at radius 2 is 2.00 bits per heavy atom. The summed E-state index contributed by atoms with van der Waals surface area (Å²) in [5, 5.41) is 5.37. The predicted molar refractivity (Wildman–Crippen MR) is 75.9 cm³/mol. The van der Waals surface area contributed by atoms with Gasteiger partial charge in [0.05, 0.1) is 6.04 Å². The molecular weight excluding hydrogens is 252 g/mol. The lowest BCUT2D eigenvalue weighted by Gasteiger charge is -2.10. The fourth-order valence-corrected chi connectivity index (χ4v) is 2.61. The number of thiophene rings is 1. The Kier molecular flexibility index (Phi) is 3.52. The first-order valence-corrected chi connectivity index (χ1v) is 6.13. The average molecular weight is 265 g/mol. The van der Waals surface area contributed by atoms with E-state index >= 15 is 0 Å². The van der Waals surface area contributed by atoms with Crippen molar-refractivity contribution in [2.75, 3.05) is 0 Å². The van der Waals surface area contributed by atoms with Crippen molar-refractivity contribution >= 4 is 34.6 Å². The van der Waals surface area contributed by atoms with Crippen LogP contribution in [0.25, 0.3) is 10.9 Å². The zero-order valence-corrected chi connectivity index (χ0v) is 10.7. The lowest BCUT2D eigenvalue weighted by molar-refractivity contribution is 0.879. The maximum Gasteiger partial charge on any atom is 0.0560 e. The Balaban J connectivity index is 0.00000108. The lowest BCUT2D eigenvalue weighted by Crippen LogP contribution is -2.10. The average Bonchev–Trinajstić information content (AvgIpc) is 2.98. The van der Waals surface area contributed by atoms with Gasteiger partial charge in [0.25, 0.3) is 0 Å². The highest BCUT2D eigenvalue weighted by atomic mass is 35.5. The quantitative estimate of drug-likeness (QED) is 0.728. The zero-order chi connectivity index (χ0) is 11.0. The van der Waals surface area contributed by atoms with Gasteiger partial charge in [0.15, 0.2) is 0 Å². The summed E-state index contributed by atoms with van der Waals surface area (Å²) >= 11 is 1.68. The Morgan fingerprint density at radius 3 is 2.76 bits per heavy atom. The monoisotopic (exact) mass is 264 g/mol. The molecule has 0 bridgehead atoms. The van der Waals surface area contributed by atoms with Crippen LogP contribution >= 0.6 is 23.7 Å². The molecule has 3 rings (SSSR count). The highest BCUT2D eigenvalue weighted by molar-refractivity contribution is 7.08. The van der Waals surface area contributed by atoms with Gasteiger partial charge in [0.1, 0.15) is 0 Å². The minimum absolute atomic E-state index is 0. The summed E-state index contributed by atoms with van der Waals surface area (Å²) < 4.78 is 0. The summed E-state index contributed by atoms with van der Waals surface area (Å²) in [7, 11) is 0. The van der Waals surface area contributed by atoms with Crippen molar-refractivity contribution in [2.24, 2.45) is 5.73 Å². The van der Waals surface area contributed by atoms with E-state index in [-0.39, 0.29) is 18.4 Å². The molecule has 88 valence electrons. The van der Waals surface area contributed by atoms with Crippen molar-refractivity contribution in [1.82, 2.24) is 4.98 Å². The largest absolute Gasteiger partial charge is 0.361 e. The molecule has 0 aliphatic rings. The lowest BCUT2D eigenvalue weighted by atomic mass is 10.0. The van der Waals surface area contributed by atoms with E-state index in [2.05, 4.69) is 46.1 Å². The maximum atomic E-state index is 6.22. The number of nitrogens with two attached hydrogens (primary N) is 1. The summed E-state index contributed by atoms with van der Waals surface area (Å²) in [5.74, 6) is 0. The molecule has 0 fully saturated rings. The number of hydrogen-bond acceptors (Lipinski definition) is 2. The molecule has 0 aliphatic carbocycles. The standard InChI is InChI=1S/C13H12N2S.ClH/c14-13(11-4-6-16-8-11)10-1-2-12-9(7-10)3-5-15-12;/h1-8,13,15H,14H2;1H/t13-;/m0./s1. The first-order chi connectivity index (χ1) is 7.84. The molecule has 1 aromatic carbocycles. The van der Waals surface area contributed by atoms with E-state index in [0.717, 1.165) is 11.1 Å². The van der Waals surface area contributed by atoms with Crippen LogP contribution in [0.3, 0.4) is 0 Å². The van der Waals surface area contributed by atoms with Gasteiger partial charge in [-0.15, -0.1) is 12.4 Å². The van der Waals surface area contributed by atoms with E-state index in [1.165, 1.54) is 10.9 Å². The SMILES string of the molecule is Cl.N[C@H](c1ccsc1)c1ccc2[nH]ccc2c1. The van der Waals surface area contributed by atoms with E-state index in [9.17, 15) is 0 Å². The molecule has 2 aromatic heterocycles. The summed E-state index contributed by atoms with van der Waals surface area (Å²) in [5.41, 5.74) is 9.71. The number of H-pyrrole nitrogens is 1. The van der Waals surface area contributed by atoms with Crippen molar-refractivity contribution < 1.29 is 0 Å². The Labute approximate surface area is 110 Å². The van der Waals surface area contributed by atoms with E-state index in [4.69, 9.17) is 5.73 Å². The molecule has 4 heteroatoms. The second-order valence-corrected chi connectivity index (χ2v) is 4.64. The molecule has 2 heterocycles. The second kappa shape index (κ2) is 4.92. The number of nitrogens with one attached hydrogen (secondary N) is 1. The van der Waals surface area contributed by atoms with E-state index in [1.807, 2.05) is 6.20 Å². The minimum atomic E-state index is -0.0226. The van der Waals surface area contributed by atoms with Crippen LogP contribution in [-0.4, -0.2) is 4.98 Å². The van der Waals surface area contributed by atoms with E-state index in [0.29, 0.717) is 0 Å². The number of aromatic nitrogens is 1. The predicted octanol–water partition coefficient (Wildman–Crippen LogP) is 3.70. The Morgan fingerprint density at radius 1 is 1.12 bits per heavy atom. The molecule has 0 saturated heterocycles. The van der Waals surface area contributed by atoms with Gasteiger partial charge < -0.3 is 10.7 Å². The minimum Gasteiger partial charge on any atom is -0.361 e. The van der Waals surface area contributed by atoms with Gasteiger partial charge in [-0.2, -0.15) is 11.3 Å². The number of rotatable bonds is 2. The highest BCUT2D eigenvalue weighted by Gasteiger charge is 2.09. The van der Waals surface area contributed by atoms with Gasteiger partial charge in [0, 0.05) is 11.7 Å². The van der Waals surface area contributed by atoms with E-state index in [1.54, 1.807) is 11.3 Å². The van der Waals surface area contributed by atoms with Crippen LogP contribution in [0.2, 0.25) is 0 Å². The molecule has 17 heavy (non-hydrogen) atoms. The topological polar surface area (TPSA) is 41.8 Å². The second-order valence-electron chi connectivity index (χ2n) is 3.86. The van der Waals surface area contributed by atoms with Gasteiger partial charge in [-0.1, -0.05) is 6.07 Å². The Hall–Kier alpha value is -1.29. The fraction of sp³-hybridized carbons (Fsp3) is 0.0769. The van der Waals surface area contributed by atoms with Crippen LogP contribution in [0.4, 0.5) is 0 Å². The molecule has 0 amide bonds. The molecule has 3 N–H and O–H groups in total. The molecule has 1 atom stereocenters. The summed E-state index contributed by atoms with van der Waals surface area (Å²) in [4.78, 5) is 3.18. The highest BCUT2D eigenvalue weighted by Crippen LogP contribution is 2.24. The Bertz CT molecular complexity index is 601. The van der Waals surface area contributed by atoms with Crippen LogP contribution in [0.5, 0.6) is 0 Å². The third-order valence-corrected chi connectivity index (χ3v) is 3.54. The van der Waals surface area contributed by atoms with Gasteiger partial charge >= 0.3 is 0 Å². The van der Waals surface area contributed by atoms with Crippen LogP contribution in [-0.2, 0) is 0 Å². The third kappa shape index (κ3) is 2.22. The molecule has 3 aromatic rings. The van der Waals surface area contributed by atoms with Crippen LogP contribution in [0.15, 0.2) is 47.3 Å². The molecule has 0 saturated carbocycles. The molecule has 0 aliphatic heterocycles. The number of fused-ring (bicyclic) bond motifs is 1. The number of hydrogen-bond donors (Lipinski definition) is 2. The number of halogens is 1. The smallest absolute Gasteiger partial charge is 0.0560 e. The van der Waals surface area contributed by atoms with Crippen molar-refractivity contribution in [3.05, 3.63) is 58.4 Å². The fourth-order valence-electron chi connectivity index (χ4n) is 1.91. The molecule has 0 radical (unpaired) electrons. The van der Waals surface area contributed by atoms with Crippen molar-refractivity contribution in [3.63, 3.8) is 0 Å². The van der Waals surface area contributed by atoms with Crippen LogP contribution < -0.4 is 5.73 Å².